The van der Waals surface area contributed by atoms with Crippen LogP contribution >= 0.6 is 0 Å². The quantitative estimate of drug-likeness (QED) is 0.453. The normalized spacial score (nSPS) is 26.0. The summed E-state index contributed by atoms with van der Waals surface area (Å²) in [6.07, 6.45) is 26.0. The van der Waals surface area contributed by atoms with E-state index in [1.165, 1.54) is 77.0 Å². The second-order valence-electron chi connectivity index (χ2n) is 4.93. The van der Waals surface area contributed by atoms with E-state index < -0.39 is 0 Å². The smallest absolute Gasteiger partial charge is 0.0316 e. The third kappa shape index (κ3) is 8.76. The van der Waals surface area contributed by atoms with E-state index in [9.17, 15) is 0 Å². The third-order valence-corrected chi connectivity index (χ3v) is 3.32. The van der Waals surface area contributed by atoms with Crippen molar-refractivity contribution in [3.63, 3.8) is 0 Å². The summed E-state index contributed by atoms with van der Waals surface area (Å²) >= 11 is 0. The predicted octanol–water partition coefficient (Wildman–Crippen LogP) is 5.79. The van der Waals surface area contributed by atoms with Crippen molar-refractivity contribution in [1.29, 1.82) is 0 Å². The molecule has 0 aromatic rings. The lowest BCUT2D eigenvalue weighted by molar-refractivity contribution is 0.570. The van der Waals surface area contributed by atoms with Gasteiger partial charge in [-0.25, -0.2) is 0 Å². The minimum Gasteiger partial charge on any atom is -0.0885 e. The van der Waals surface area contributed by atoms with Crippen LogP contribution in [0.3, 0.4) is 0 Å². The lowest BCUT2D eigenvalue weighted by atomic mass is 10.1. The van der Waals surface area contributed by atoms with Gasteiger partial charge in [0.2, 0.25) is 0 Å². The Kier molecular flexibility index (Phi) is 9.30. The minimum absolute atomic E-state index is 1.23. The van der Waals surface area contributed by atoms with Crippen molar-refractivity contribution in [1.82, 2.24) is 0 Å². The molecule has 0 radical (unpaired) electrons. The molecule has 0 fully saturated rings. The zero-order valence-corrected chi connectivity index (χ0v) is 10.8. The molecule has 0 spiro atoms. The van der Waals surface area contributed by atoms with E-state index in [1.54, 1.807) is 0 Å². The summed E-state index contributed by atoms with van der Waals surface area (Å²) in [4.78, 5) is 0. The van der Waals surface area contributed by atoms with Crippen molar-refractivity contribution in [2.45, 2.75) is 77.0 Å². The molecule has 0 aliphatic heterocycles. The second kappa shape index (κ2) is 11.0. The van der Waals surface area contributed by atoms with Crippen LogP contribution in [0.25, 0.3) is 0 Å². The Morgan fingerprint density at radius 2 is 0.625 bits per heavy atom. The summed E-state index contributed by atoms with van der Waals surface area (Å²) < 4.78 is 0. The second-order valence-corrected chi connectivity index (χ2v) is 4.93. The van der Waals surface area contributed by atoms with Crippen LogP contribution in [0.5, 0.6) is 0 Å². The number of rotatable bonds is 0. The third-order valence-electron chi connectivity index (χ3n) is 3.32. The Hall–Kier alpha value is -0.520. The molecule has 0 amide bonds. The molecule has 0 bridgehead atoms. The molecule has 0 aromatic heterocycles. The SMILES string of the molecule is C1=C\CCCCCCCCCC/C=C/CC/1. The zero-order chi connectivity index (χ0) is 11.3. The van der Waals surface area contributed by atoms with Gasteiger partial charge < -0.3 is 0 Å². The lowest BCUT2D eigenvalue weighted by Gasteiger charge is -2.01. The van der Waals surface area contributed by atoms with Gasteiger partial charge in [-0.3, -0.25) is 0 Å². The van der Waals surface area contributed by atoms with E-state index in [4.69, 9.17) is 0 Å². The monoisotopic (exact) mass is 220 g/mol. The highest BCUT2D eigenvalue weighted by Gasteiger charge is 1.92. The fourth-order valence-electron chi connectivity index (χ4n) is 2.25. The highest BCUT2D eigenvalue weighted by Crippen LogP contribution is 2.11. The van der Waals surface area contributed by atoms with E-state index in [1.807, 2.05) is 0 Å². The number of hydrogen-bond donors (Lipinski definition) is 0. The van der Waals surface area contributed by atoms with E-state index in [-0.39, 0.29) is 0 Å². The molecule has 16 heavy (non-hydrogen) atoms. The zero-order valence-electron chi connectivity index (χ0n) is 10.8. The highest BCUT2D eigenvalue weighted by atomic mass is 14.0. The van der Waals surface area contributed by atoms with Crippen molar-refractivity contribution in [2.24, 2.45) is 0 Å². The van der Waals surface area contributed by atoms with Crippen LogP contribution in [0.15, 0.2) is 24.3 Å². The Balaban J connectivity index is 2.14. The van der Waals surface area contributed by atoms with Crippen molar-refractivity contribution < 1.29 is 0 Å². The molecule has 0 unspecified atom stereocenters. The molecule has 1 rings (SSSR count). The van der Waals surface area contributed by atoms with Gasteiger partial charge in [0.1, 0.15) is 0 Å². The van der Waals surface area contributed by atoms with Crippen LogP contribution in [0.1, 0.15) is 77.0 Å². The first-order valence-corrected chi connectivity index (χ1v) is 7.30. The maximum atomic E-state index is 2.37. The summed E-state index contributed by atoms with van der Waals surface area (Å²) in [6.45, 7) is 0. The number of allylic oxidation sites excluding steroid dienone is 4. The van der Waals surface area contributed by atoms with Gasteiger partial charge in [0.15, 0.2) is 0 Å². The molecule has 0 N–H and O–H groups in total. The van der Waals surface area contributed by atoms with Crippen molar-refractivity contribution in [2.75, 3.05) is 0 Å². The van der Waals surface area contributed by atoms with Crippen LogP contribution < -0.4 is 0 Å². The molecular weight excluding hydrogens is 192 g/mol. The molecule has 0 saturated carbocycles. The van der Waals surface area contributed by atoms with Gasteiger partial charge >= 0.3 is 0 Å². The van der Waals surface area contributed by atoms with E-state index >= 15 is 0 Å². The highest BCUT2D eigenvalue weighted by molar-refractivity contribution is 4.88. The Labute approximate surface area is 102 Å². The molecular formula is C16H28. The Bertz CT molecular complexity index is 166. The summed E-state index contributed by atoms with van der Waals surface area (Å²) in [6, 6.07) is 0. The molecule has 0 saturated heterocycles. The maximum Gasteiger partial charge on any atom is -0.0316 e. The van der Waals surface area contributed by atoms with Gasteiger partial charge in [0.05, 0.1) is 0 Å². The average molecular weight is 220 g/mol. The van der Waals surface area contributed by atoms with Gasteiger partial charge in [-0.15, -0.1) is 0 Å². The van der Waals surface area contributed by atoms with Crippen LogP contribution in [0, 0.1) is 0 Å². The van der Waals surface area contributed by atoms with Crippen LogP contribution in [0.2, 0.25) is 0 Å². The van der Waals surface area contributed by atoms with E-state index in [0.29, 0.717) is 0 Å². The van der Waals surface area contributed by atoms with Gasteiger partial charge in [0.25, 0.3) is 0 Å². The van der Waals surface area contributed by atoms with Gasteiger partial charge in [0, 0.05) is 0 Å². The van der Waals surface area contributed by atoms with Crippen LogP contribution in [-0.4, -0.2) is 0 Å². The van der Waals surface area contributed by atoms with Crippen LogP contribution in [-0.2, 0) is 0 Å². The van der Waals surface area contributed by atoms with Crippen molar-refractivity contribution in [3.8, 4) is 0 Å². The van der Waals surface area contributed by atoms with E-state index in [2.05, 4.69) is 24.3 Å². The molecule has 0 aromatic carbocycles. The molecule has 0 heteroatoms. The number of hydrogen-bond acceptors (Lipinski definition) is 0. The Morgan fingerprint density at radius 1 is 0.312 bits per heavy atom. The van der Waals surface area contributed by atoms with Crippen LogP contribution in [0.4, 0.5) is 0 Å². The first-order chi connectivity index (χ1) is 8.00. The fourth-order valence-corrected chi connectivity index (χ4v) is 2.25. The minimum atomic E-state index is 1.23. The predicted molar refractivity (Wildman–Crippen MR) is 73.7 cm³/mol. The van der Waals surface area contributed by atoms with Gasteiger partial charge in [-0.2, -0.15) is 0 Å². The van der Waals surface area contributed by atoms with Crippen molar-refractivity contribution >= 4 is 0 Å². The van der Waals surface area contributed by atoms with E-state index in [0.717, 1.165) is 0 Å². The summed E-state index contributed by atoms with van der Waals surface area (Å²) in [7, 11) is 0. The topological polar surface area (TPSA) is 0 Å². The molecule has 1 aliphatic carbocycles. The molecule has 0 atom stereocenters. The summed E-state index contributed by atoms with van der Waals surface area (Å²) in [5, 5.41) is 0. The van der Waals surface area contributed by atoms with Crippen molar-refractivity contribution in [3.05, 3.63) is 24.3 Å². The van der Waals surface area contributed by atoms with Gasteiger partial charge in [-0.05, 0) is 38.5 Å². The lowest BCUT2D eigenvalue weighted by Crippen LogP contribution is -1.81. The van der Waals surface area contributed by atoms with Gasteiger partial charge in [-0.1, -0.05) is 62.8 Å². The summed E-state index contributed by atoms with van der Waals surface area (Å²) in [5.74, 6) is 0. The maximum absolute atomic E-state index is 2.37. The first-order valence-electron chi connectivity index (χ1n) is 7.30. The average Bonchev–Trinajstić information content (AvgIpc) is 2.29. The molecule has 92 valence electrons. The fraction of sp³-hybridized carbons (Fsp3) is 0.750. The molecule has 0 heterocycles. The summed E-state index contributed by atoms with van der Waals surface area (Å²) in [5.41, 5.74) is 0. The first kappa shape index (κ1) is 13.5. The Morgan fingerprint density at radius 3 is 1.06 bits per heavy atom. The standard InChI is InChI=1S/C16H28/c1-2-4-6-8-10-12-14-16-15-13-11-9-7-5-3-1/h1-2,7,9H,3-6,8,10-16H2/b2-1-,9-7+. The molecule has 0 nitrogen and oxygen atoms in total. The molecule has 1 aliphatic rings. The largest absolute Gasteiger partial charge is 0.0885 e.